The first-order valence-corrected chi connectivity index (χ1v) is 8.53. The lowest BCUT2D eigenvalue weighted by Gasteiger charge is -2.39. The second kappa shape index (κ2) is 5.88. The van der Waals surface area contributed by atoms with E-state index >= 15 is 0 Å². The van der Waals surface area contributed by atoms with Gasteiger partial charge in [0.1, 0.15) is 0 Å². The summed E-state index contributed by atoms with van der Waals surface area (Å²) in [5.74, 6) is 0.958. The summed E-state index contributed by atoms with van der Waals surface area (Å²) in [6.07, 6.45) is 5.15. The highest BCUT2D eigenvalue weighted by Gasteiger charge is 2.37. The standard InChI is InChI=1S/C18H32OS/c1-13-9-14(2)15(19)18(8,10-13)12-20-17(6,7)11-16(3,4)5/h9-10,15,19H,11-12H2,1-8H3. The first-order chi connectivity index (χ1) is 8.85. The molecule has 1 rings (SSSR count). The summed E-state index contributed by atoms with van der Waals surface area (Å²) in [4.78, 5) is 0. The van der Waals surface area contributed by atoms with Gasteiger partial charge >= 0.3 is 0 Å². The van der Waals surface area contributed by atoms with E-state index in [4.69, 9.17) is 0 Å². The van der Waals surface area contributed by atoms with Crippen molar-refractivity contribution in [3.8, 4) is 0 Å². The molecule has 0 aliphatic heterocycles. The van der Waals surface area contributed by atoms with Crippen LogP contribution in [0.25, 0.3) is 0 Å². The van der Waals surface area contributed by atoms with Crippen LogP contribution in [0.2, 0.25) is 0 Å². The van der Waals surface area contributed by atoms with Crippen molar-refractivity contribution < 1.29 is 5.11 Å². The van der Waals surface area contributed by atoms with Crippen LogP contribution < -0.4 is 0 Å². The van der Waals surface area contributed by atoms with E-state index in [1.54, 1.807) is 0 Å². The lowest BCUT2D eigenvalue weighted by atomic mass is 9.77. The first kappa shape index (κ1) is 17.8. The van der Waals surface area contributed by atoms with Crippen LogP contribution in [0.4, 0.5) is 0 Å². The number of hydrogen-bond donors (Lipinski definition) is 1. The van der Waals surface area contributed by atoms with Crippen molar-refractivity contribution in [2.24, 2.45) is 10.8 Å². The second-order valence-corrected chi connectivity index (χ2v) is 10.2. The molecule has 0 heterocycles. The average molecular weight is 297 g/mol. The molecule has 116 valence electrons. The third-order valence-electron chi connectivity index (χ3n) is 3.80. The van der Waals surface area contributed by atoms with E-state index in [1.807, 2.05) is 18.7 Å². The van der Waals surface area contributed by atoms with Crippen molar-refractivity contribution >= 4 is 11.8 Å². The molecule has 0 bridgehead atoms. The zero-order valence-electron chi connectivity index (χ0n) is 14.5. The van der Waals surface area contributed by atoms with Crippen molar-refractivity contribution in [1.29, 1.82) is 0 Å². The maximum atomic E-state index is 10.5. The average Bonchev–Trinajstić information content (AvgIpc) is 2.20. The number of allylic oxidation sites excluding steroid dienone is 2. The van der Waals surface area contributed by atoms with Crippen molar-refractivity contribution in [2.45, 2.75) is 72.7 Å². The fourth-order valence-electron chi connectivity index (χ4n) is 3.40. The lowest BCUT2D eigenvalue weighted by Crippen LogP contribution is -2.37. The fraction of sp³-hybridized carbons (Fsp3) is 0.778. The minimum Gasteiger partial charge on any atom is -0.388 e. The monoisotopic (exact) mass is 296 g/mol. The Bertz CT molecular complexity index is 412. The second-order valence-electron chi connectivity index (χ2n) is 8.47. The molecule has 0 aromatic rings. The number of rotatable bonds is 4. The summed E-state index contributed by atoms with van der Waals surface area (Å²) in [7, 11) is 0. The number of aliphatic hydroxyl groups excluding tert-OH is 1. The molecule has 0 saturated carbocycles. The van der Waals surface area contributed by atoms with E-state index in [2.05, 4.69) is 60.6 Å². The summed E-state index contributed by atoms with van der Waals surface area (Å²) in [5, 5.41) is 10.5. The summed E-state index contributed by atoms with van der Waals surface area (Å²) < 4.78 is 0.234. The van der Waals surface area contributed by atoms with Gasteiger partial charge in [-0.1, -0.05) is 59.3 Å². The molecule has 2 unspecified atom stereocenters. The van der Waals surface area contributed by atoms with Gasteiger partial charge in [-0.25, -0.2) is 0 Å². The Labute approximate surface area is 129 Å². The first-order valence-electron chi connectivity index (χ1n) is 7.54. The largest absolute Gasteiger partial charge is 0.388 e. The molecule has 0 spiro atoms. The molecular formula is C18H32OS. The highest BCUT2D eigenvalue weighted by molar-refractivity contribution is 8.00. The molecule has 0 amide bonds. The van der Waals surface area contributed by atoms with Crippen LogP contribution in [0.15, 0.2) is 23.3 Å². The van der Waals surface area contributed by atoms with Crippen molar-refractivity contribution in [2.75, 3.05) is 5.75 Å². The van der Waals surface area contributed by atoms with Gasteiger partial charge in [0.2, 0.25) is 0 Å². The predicted molar refractivity (Wildman–Crippen MR) is 92.2 cm³/mol. The Morgan fingerprint density at radius 3 is 2.25 bits per heavy atom. The van der Waals surface area contributed by atoms with E-state index in [0.717, 1.165) is 11.3 Å². The SMILES string of the molecule is CC1=CC(C)(CSC(C)(C)CC(C)(C)C)C(O)C(C)=C1. The molecule has 20 heavy (non-hydrogen) atoms. The van der Waals surface area contributed by atoms with Crippen LogP contribution in [0.3, 0.4) is 0 Å². The van der Waals surface area contributed by atoms with Gasteiger partial charge in [-0.2, -0.15) is 11.8 Å². The zero-order chi connectivity index (χ0) is 15.8. The van der Waals surface area contributed by atoms with Gasteiger partial charge in [0, 0.05) is 15.9 Å². The maximum Gasteiger partial charge on any atom is 0.0846 e. The molecule has 0 aromatic heterocycles. The highest BCUT2D eigenvalue weighted by Crippen LogP contribution is 2.43. The topological polar surface area (TPSA) is 20.2 Å². The quantitative estimate of drug-likeness (QED) is 0.768. The Hall–Kier alpha value is -0.210. The number of thioether (sulfide) groups is 1. The van der Waals surface area contributed by atoms with E-state index in [0.29, 0.717) is 5.41 Å². The zero-order valence-corrected chi connectivity index (χ0v) is 15.3. The van der Waals surface area contributed by atoms with Gasteiger partial charge in [-0.05, 0) is 31.3 Å². The molecule has 0 radical (unpaired) electrons. The highest BCUT2D eigenvalue weighted by atomic mass is 32.2. The van der Waals surface area contributed by atoms with Gasteiger partial charge in [0.05, 0.1) is 6.10 Å². The maximum absolute atomic E-state index is 10.5. The molecule has 1 N–H and O–H groups in total. The Morgan fingerprint density at radius 2 is 1.75 bits per heavy atom. The summed E-state index contributed by atoms with van der Waals surface area (Å²) in [6.45, 7) is 17.9. The number of aliphatic hydroxyl groups is 1. The van der Waals surface area contributed by atoms with E-state index in [9.17, 15) is 5.11 Å². The molecule has 0 aromatic carbocycles. The minimum absolute atomic E-state index is 0.150. The molecular weight excluding hydrogens is 264 g/mol. The van der Waals surface area contributed by atoms with Crippen LogP contribution in [-0.4, -0.2) is 21.7 Å². The van der Waals surface area contributed by atoms with Crippen molar-refractivity contribution in [3.63, 3.8) is 0 Å². The Morgan fingerprint density at radius 1 is 1.20 bits per heavy atom. The van der Waals surface area contributed by atoms with Crippen LogP contribution in [0.1, 0.15) is 61.8 Å². The molecule has 2 heteroatoms. The molecule has 2 atom stereocenters. The van der Waals surface area contributed by atoms with E-state index in [1.165, 1.54) is 12.0 Å². The molecule has 0 saturated heterocycles. The van der Waals surface area contributed by atoms with Crippen LogP contribution in [0, 0.1) is 10.8 Å². The Kier molecular flexibility index (Phi) is 5.25. The van der Waals surface area contributed by atoms with Gasteiger partial charge in [-0.3, -0.25) is 0 Å². The number of hydrogen-bond acceptors (Lipinski definition) is 2. The van der Waals surface area contributed by atoms with E-state index < -0.39 is 0 Å². The fourth-order valence-corrected chi connectivity index (χ4v) is 4.88. The smallest absolute Gasteiger partial charge is 0.0846 e. The Balaban J connectivity index is 2.76. The van der Waals surface area contributed by atoms with Crippen LogP contribution in [-0.2, 0) is 0 Å². The van der Waals surface area contributed by atoms with Gasteiger partial charge in [0.15, 0.2) is 0 Å². The third kappa shape index (κ3) is 4.96. The van der Waals surface area contributed by atoms with E-state index in [-0.39, 0.29) is 16.3 Å². The minimum atomic E-state index is -0.357. The lowest BCUT2D eigenvalue weighted by molar-refractivity contribution is 0.115. The predicted octanol–water partition coefficient (Wildman–Crippen LogP) is 5.21. The molecule has 0 fully saturated rings. The third-order valence-corrected chi connectivity index (χ3v) is 5.49. The van der Waals surface area contributed by atoms with Gasteiger partial charge in [-0.15, -0.1) is 0 Å². The van der Waals surface area contributed by atoms with Crippen molar-refractivity contribution in [3.05, 3.63) is 23.3 Å². The van der Waals surface area contributed by atoms with Crippen molar-refractivity contribution in [1.82, 2.24) is 0 Å². The summed E-state index contributed by atoms with van der Waals surface area (Å²) >= 11 is 1.99. The molecule has 1 aliphatic carbocycles. The van der Waals surface area contributed by atoms with Crippen LogP contribution >= 0.6 is 11.8 Å². The van der Waals surface area contributed by atoms with Gasteiger partial charge in [0.25, 0.3) is 0 Å². The summed E-state index contributed by atoms with van der Waals surface area (Å²) in [5.41, 5.74) is 2.54. The molecule has 1 nitrogen and oxygen atoms in total. The molecule has 1 aliphatic rings. The van der Waals surface area contributed by atoms with Gasteiger partial charge < -0.3 is 5.11 Å². The summed E-state index contributed by atoms with van der Waals surface area (Å²) in [6, 6.07) is 0. The van der Waals surface area contributed by atoms with Crippen LogP contribution in [0.5, 0.6) is 0 Å². The normalized spacial score (nSPS) is 28.1.